The number of hydrogen-bond donors (Lipinski definition) is 5. The average molecular weight is 412 g/mol. The molecule has 0 aliphatic carbocycles. The highest BCUT2D eigenvalue weighted by Crippen LogP contribution is 2.47. The van der Waals surface area contributed by atoms with E-state index in [2.05, 4.69) is 0 Å². The number of hydrogen-bond acceptors (Lipinski definition) is 6. The van der Waals surface area contributed by atoms with E-state index in [1.54, 1.807) is 18.2 Å². The van der Waals surface area contributed by atoms with Crippen LogP contribution in [0.2, 0.25) is 0 Å². The monoisotopic (exact) mass is 412 g/mol. The maximum absolute atomic E-state index is 12.1. The molecule has 0 aliphatic heterocycles. The Morgan fingerprint density at radius 1 is 0.690 bits per heavy atom. The molecule has 0 amide bonds. The lowest BCUT2D eigenvalue weighted by molar-refractivity contribution is -0.205. The summed E-state index contributed by atoms with van der Waals surface area (Å²) in [6, 6.07) is 7.90. The Balaban J connectivity index is 3.67. The summed E-state index contributed by atoms with van der Waals surface area (Å²) in [6.45, 7) is -0.463. The minimum Gasteiger partial charge on any atom is -0.481 e. The van der Waals surface area contributed by atoms with Crippen molar-refractivity contribution in [1.82, 2.24) is 0 Å². The van der Waals surface area contributed by atoms with Gasteiger partial charge in [-0.2, -0.15) is 0 Å². The first-order chi connectivity index (χ1) is 13.4. The molecule has 5 N–H and O–H groups in total. The van der Waals surface area contributed by atoms with Crippen molar-refractivity contribution in [3.63, 3.8) is 0 Å². The first-order valence-corrected chi connectivity index (χ1v) is 8.22. The molecule has 29 heavy (non-hydrogen) atoms. The van der Waals surface area contributed by atoms with Crippen molar-refractivity contribution in [1.29, 1.82) is 0 Å². The van der Waals surface area contributed by atoms with Crippen molar-refractivity contribution >= 4 is 29.8 Å². The summed E-state index contributed by atoms with van der Waals surface area (Å²) < 4.78 is 5.50. The zero-order valence-electron chi connectivity index (χ0n) is 15.1. The lowest BCUT2D eigenvalue weighted by Gasteiger charge is -2.44. The summed E-state index contributed by atoms with van der Waals surface area (Å²) in [6.07, 6.45) is -5.19. The normalized spacial score (nSPS) is 11.6. The lowest BCUT2D eigenvalue weighted by Crippen LogP contribution is -2.59. The number of carbonyl (C=O) groups is 5. The first-order valence-electron chi connectivity index (χ1n) is 8.22. The number of aliphatic carboxylic acids is 5. The molecule has 158 valence electrons. The summed E-state index contributed by atoms with van der Waals surface area (Å²) >= 11 is 0. The molecule has 0 aliphatic rings. The minimum absolute atomic E-state index is 0.414. The fraction of sp³-hybridized carbons (Fsp3) is 0.389. The van der Waals surface area contributed by atoms with E-state index < -0.39 is 73.2 Å². The molecule has 0 radical (unpaired) electrons. The van der Waals surface area contributed by atoms with E-state index in [1.807, 2.05) is 0 Å². The van der Waals surface area contributed by atoms with Gasteiger partial charge < -0.3 is 30.3 Å². The van der Waals surface area contributed by atoms with Crippen LogP contribution in [-0.2, 0) is 35.3 Å². The van der Waals surface area contributed by atoms with Crippen molar-refractivity contribution in [2.45, 2.75) is 37.9 Å². The second kappa shape index (κ2) is 9.64. The van der Waals surface area contributed by atoms with Crippen LogP contribution in [0.1, 0.15) is 31.2 Å². The van der Waals surface area contributed by atoms with Gasteiger partial charge >= 0.3 is 29.8 Å². The highest BCUT2D eigenvalue weighted by Gasteiger charge is 2.62. The van der Waals surface area contributed by atoms with Crippen molar-refractivity contribution in [3.05, 3.63) is 35.9 Å². The topological polar surface area (TPSA) is 196 Å². The Morgan fingerprint density at radius 2 is 1.10 bits per heavy atom. The predicted molar refractivity (Wildman–Crippen MR) is 93.0 cm³/mol. The molecular formula is C18H20O11. The minimum atomic E-state index is -2.86. The van der Waals surface area contributed by atoms with E-state index in [-0.39, 0.29) is 0 Å². The van der Waals surface area contributed by atoms with Crippen LogP contribution in [0.5, 0.6) is 0 Å². The van der Waals surface area contributed by atoms with Crippen LogP contribution in [-0.4, -0.2) is 61.0 Å². The average Bonchev–Trinajstić information content (AvgIpc) is 2.57. The van der Waals surface area contributed by atoms with Gasteiger partial charge in [0.2, 0.25) is 0 Å². The Hall–Kier alpha value is -3.47. The summed E-state index contributed by atoms with van der Waals surface area (Å²) in [5, 5.41) is 46.9. The standard InChI is InChI=1S/C18H20O11/c19-12(20)6-17(16(27)28,7-13(21)22)18(8-14(23)24,9-15(25)26)29-10-11-4-2-1-3-5-11/h1-5H,6-10H2,(H,19,20)(H,21,22)(H,23,24)(H,25,26)(H,27,28). The third kappa shape index (κ3) is 6.01. The van der Waals surface area contributed by atoms with Crippen LogP contribution < -0.4 is 0 Å². The second-order valence-electron chi connectivity index (χ2n) is 6.44. The van der Waals surface area contributed by atoms with Gasteiger partial charge in [-0.3, -0.25) is 24.0 Å². The summed E-state index contributed by atoms with van der Waals surface area (Å²) in [7, 11) is 0. The molecule has 0 aromatic heterocycles. The third-order valence-corrected chi connectivity index (χ3v) is 4.42. The molecule has 1 aromatic carbocycles. The van der Waals surface area contributed by atoms with Crippen molar-refractivity contribution in [2.24, 2.45) is 5.41 Å². The van der Waals surface area contributed by atoms with Gasteiger partial charge in [0, 0.05) is 0 Å². The molecular weight excluding hydrogens is 392 g/mol. The van der Waals surface area contributed by atoms with Crippen LogP contribution in [0.3, 0.4) is 0 Å². The van der Waals surface area contributed by atoms with E-state index in [4.69, 9.17) is 4.74 Å². The molecule has 11 heteroatoms. The number of carboxylic acid groups (broad SMARTS) is 5. The van der Waals surface area contributed by atoms with E-state index in [0.717, 1.165) is 0 Å². The van der Waals surface area contributed by atoms with Crippen LogP contribution in [0, 0.1) is 5.41 Å². The Bertz CT molecular complexity index is 752. The largest absolute Gasteiger partial charge is 0.481 e. The maximum atomic E-state index is 12.1. The van der Waals surface area contributed by atoms with E-state index in [0.29, 0.717) is 5.56 Å². The van der Waals surface area contributed by atoms with Gasteiger partial charge in [-0.05, 0) is 5.56 Å². The van der Waals surface area contributed by atoms with Gasteiger partial charge in [0.25, 0.3) is 0 Å². The number of carboxylic acids is 5. The van der Waals surface area contributed by atoms with Gasteiger partial charge in [-0.15, -0.1) is 0 Å². The van der Waals surface area contributed by atoms with E-state index in [1.165, 1.54) is 12.1 Å². The van der Waals surface area contributed by atoms with Gasteiger partial charge in [-0.1, -0.05) is 30.3 Å². The Labute approximate surface area is 164 Å². The molecule has 0 bridgehead atoms. The Morgan fingerprint density at radius 3 is 1.45 bits per heavy atom. The Kier molecular flexibility index (Phi) is 7.84. The number of benzene rings is 1. The highest BCUT2D eigenvalue weighted by atomic mass is 16.5. The van der Waals surface area contributed by atoms with Crippen LogP contribution in [0.4, 0.5) is 0 Å². The number of rotatable bonds is 13. The third-order valence-electron chi connectivity index (χ3n) is 4.42. The summed E-state index contributed by atoms with van der Waals surface area (Å²) in [5.41, 5.74) is -5.11. The summed E-state index contributed by atoms with van der Waals surface area (Å²) in [4.78, 5) is 57.9. The van der Waals surface area contributed by atoms with Gasteiger partial charge in [-0.25, -0.2) is 0 Å². The van der Waals surface area contributed by atoms with Gasteiger partial charge in [0.15, 0.2) is 0 Å². The van der Waals surface area contributed by atoms with Crippen molar-refractivity contribution in [2.75, 3.05) is 0 Å². The maximum Gasteiger partial charge on any atom is 0.313 e. The van der Waals surface area contributed by atoms with Crippen LogP contribution in [0.25, 0.3) is 0 Å². The van der Waals surface area contributed by atoms with Gasteiger partial charge in [0.05, 0.1) is 32.3 Å². The van der Waals surface area contributed by atoms with Crippen LogP contribution in [0.15, 0.2) is 30.3 Å². The van der Waals surface area contributed by atoms with Gasteiger partial charge in [0.1, 0.15) is 11.0 Å². The molecule has 0 heterocycles. The molecule has 0 fully saturated rings. The summed E-state index contributed by atoms with van der Waals surface area (Å²) in [5.74, 6) is -8.85. The van der Waals surface area contributed by atoms with Crippen LogP contribution >= 0.6 is 0 Å². The SMILES string of the molecule is O=C(O)CC(CC(=O)O)(OCc1ccccc1)C(CC(=O)O)(CC(=O)O)C(=O)O. The smallest absolute Gasteiger partial charge is 0.313 e. The molecule has 0 atom stereocenters. The fourth-order valence-electron chi connectivity index (χ4n) is 3.17. The highest BCUT2D eigenvalue weighted by molar-refractivity contribution is 5.89. The second-order valence-corrected chi connectivity index (χ2v) is 6.44. The molecule has 0 spiro atoms. The predicted octanol–water partition coefficient (Wildman–Crippen LogP) is 0.912. The lowest BCUT2D eigenvalue weighted by atomic mass is 9.64. The van der Waals surface area contributed by atoms with E-state index >= 15 is 0 Å². The zero-order valence-corrected chi connectivity index (χ0v) is 15.1. The molecule has 0 saturated carbocycles. The van der Waals surface area contributed by atoms with Crippen molar-refractivity contribution < 1.29 is 54.2 Å². The number of ether oxygens (including phenoxy) is 1. The molecule has 0 saturated heterocycles. The van der Waals surface area contributed by atoms with Crippen molar-refractivity contribution in [3.8, 4) is 0 Å². The first kappa shape index (κ1) is 23.6. The zero-order chi connectivity index (χ0) is 22.2. The molecule has 1 aromatic rings. The quantitative estimate of drug-likeness (QED) is 0.309. The molecule has 1 rings (SSSR count). The fourth-order valence-corrected chi connectivity index (χ4v) is 3.17. The molecule has 11 nitrogen and oxygen atoms in total. The molecule has 0 unspecified atom stereocenters. The van der Waals surface area contributed by atoms with E-state index in [9.17, 15) is 49.5 Å².